The molecule has 2 nitrogen and oxygen atoms in total. The van der Waals surface area contributed by atoms with Gasteiger partial charge >= 0.3 is 0 Å². The van der Waals surface area contributed by atoms with Crippen molar-refractivity contribution >= 4 is 17.3 Å². The average molecular weight is 288 g/mol. The minimum atomic E-state index is 0.228. The third-order valence-electron chi connectivity index (χ3n) is 3.79. The van der Waals surface area contributed by atoms with Crippen LogP contribution in [0.3, 0.4) is 0 Å². The van der Waals surface area contributed by atoms with E-state index in [2.05, 4.69) is 30.4 Å². The van der Waals surface area contributed by atoms with Crippen LogP contribution in [-0.4, -0.2) is 6.61 Å². The van der Waals surface area contributed by atoms with Crippen LogP contribution in [0.2, 0.25) is 5.02 Å². The largest absolute Gasteiger partial charge is 0.494 e. The second-order valence-electron chi connectivity index (χ2n) is 5.09. The number of para-hydroxylation sites is 1. The van der Waals surface area contributed by atoms with Gasteiger partial charge in [-0.25, -0.2) is 0 Å². The molecule has 0 aliphatic carbocycles. The van der Waals surface area contributed by atoms with E-state index in [1.807, 2.05) is 25.1 Å². The summed E-state index contributed by atoms with van der Waals surface area (Å²) < 4.78 is 5.74. The maximum atomic E-state index is 6.32. The number of ether oxygens (including phenoxy) is 1. The molecule has 1 aliphatic rings. The van der Waals surface area contributed by atoms with E-state index >= 15 is 0 Å². The lowest BCUT2D eigenvalue weighted by atomic mass is 10.0. The van der Waals surface area contributed by atoms with E-state index in [-0.39, 0.29) is 6.04 Å². The van der Waals surface area contributed by atoms with Gasteiger partial charge in [-0.3, -0.25) is 0 Å². The zero-order valence-electron chi connectivity index (χ0n) is 11.7. The average Bonchev–Trinajstić information content (AvgIpc) is 2.90. The first-order chi connectivity index (χ1) is 9.70. The Hall–Kier alpha value is -1.67. The maximum Gasteiger partial charge on any atom is 0.124 e. The molecule has 1 N–H and O–H groups in total. The van der Waals surface area contributed by atoms with Crippen molar-refractivity contribution < 1.29 is 4.74 Å². The highest BCUT2D eigenvalue weighted by atomic mass is 35.5. The molecular formula is C17H18ClNO. The van der Waals surface area contributed by atoms with Crippen molar-refractivity contribution in [3.8, 4) is 5.75 Å². The zero-order chi connectivity index (χ0) is 14.1. The minimum absolute atomic E-state index is 0.228. The Morgan fingerprint density at radius 2 is 2.05 bits per heavy atom. The summed E-state index contributed by atoms with van der Waals surface area (Å²) in [4.78, 5) is 0. The van der Waals surface area contributed by atoms with Crippen molar-refractivity contribution in [1.82, 2.24) is 0 Å². The van der Waals surface area contributed by atoms with Crippen molar-refractivity contribution in [2.75, 3.05) is 11.9 Å². The third-order valence-corrected chi connectivity index (χ3v) is 4.14. The fraction of sp³-hybridized carbons (Fsp3) is 0.294. The monoisotopic (exact) mass is 287 g/mol. The zero-order valence-corrected chi connectivity index (χ0v) is 12.5. The molecule has 2 aromatic rings. The SMILES string of the molecule is CCOc1ccccc1C1Cc2c(Cl)ccc(C)c2N1. The highest BCUT2D eigenvalue weighted by Gasteiger charge is 2.27. The molecule has 3 heteroatoms. The quantitative estimate of drug-likeness (QED) is 0.879. The molecule has 0 saturated carbocycles. The Kier molecular flexibility index (Phi) is 3.58. The van der Waals surface area contributed by atoms with Crippen molar-refractivity contribution in [3.63, 3.8) is 0 Å². The lowest BCUT2D eigenvalue weighted by molar-refractivity contribution is 0.335. The van der Waals surface area contributed by atoms with Gasteiger partial charge in [0.05, 0.1) is 12.6 Å². The highest BCUT2D eigenvalue weighted by molar-refractivity contribution is 6.31. The van der Waals surface area contributed by atoms with E-state index in [4.69, 9.17) is 16.3 Å². The van der Waals surface area contributed by atoms with Gasteiger partial charge in [-0.1, -0.05) is 35.9 Å². The molecule has 0 radical (unpaired) electrons. The van der Waals surface area contributed by atoms with Crippen LogP contribution in [0.4, 0.5) is 5.69 Å². The lowest BCUT2D eigenvalue weighted by Gasteiger charge is -2.16. The number of halogens is 1. The van der Waals surface area contributed by atoms with Crippen LogP contribution in [0.15, 0.2) is 36.4 Å². The smallest absolute Gasteiger partial charge is 0.124 e. The molecule has 3 rings (SSSR count). The first-order valence-corrected chi connectivity index (χ1v) is 7.34. The Morgan fingerprint density at radius 1 is 1.25 bits per heavy atom. The van der Waals surface area contributed by atoms with E-state index in [0.29, 0.717) is 6.61 Å². The molecule has 0 saturated heterocycles. The van der Waals surface area contributed by atoms with Gasteiger partial charge < -0.3 is 10.1 Å². The van der Waals surface area contributed by atoms with Crippen LogP contribution in [0.1, 0.15) is 29.7 Å². The summed E-state index contributed by atoms with van der Waals surface area (Å²) in [6.45, 7) is 4.80. The van der Waals surface area contributed by atoms with Gasteiger partial charge in [0.1, 0.15) is 5.75 Å². The molecule has 0 aromatic heterocycles. The van der Waals surface area contributed by atoms with Gasteiger partial charge in [0.2, 0.25) is 0 Å². The van der Waals surface area contributed by atoms with E-state index in [1.165, 1.54) is 22.4 Å². The second kappa shape index (κ2) is 5.37. The molecule has 1 unspecified atom stereocenters. The number of benzene rings is 2. The van der Waals surface area contributed by atoms with Crippen molar-refractivity contribution in [1.29, 1.82) is 0 Å². The summed E-state index contributed by atoms with van der Waals surface area (Å²) in [5.41, 5.74) is 4.82. The van der Waals surface area contributed by atoms with Gasteiger partial charge in [-0.2, -0.15) is 0 Å². The van der Waals surface area contributed by atoms with Gasteiger partial charge in [0.25, 0.3) is 0 Å². The molecule has 0 bridgehead atoms. The molecule has 0 amide bonds. The molecule has 2 aromatic carbocycles. The molecule has 20 heavy (non-hydrogen) atoms. The van der Waals surface area contributed by atoms with E-state index in [1.54, 1.807) is 0 Å². The molecule has 1 heterocycles. The number of fused-ring (bicyclic) bond motifs is 1. The van der Waals surface area contributed by atoms with E-state index < -0.39 is 0 Å². The van der Waals surface area contributed by atoms with E-state index in [0.717, 1.165) is 17.2 Å². The Balaban J connectivity index is 1.96. The molecule has 1 atom stereocenters. The van der Waals surface area contributed by atoms with E-state index in [9.17, 15) is 0 Å². The molecule has 1 aliphatic heterocycles. The van der Waals surface area contributed by atoms with Crippen molar-refractivity contribution in [2.24, 2.45) is 0 Å². The summed E-state index contributed by atoms with van der Waals surface area (Å²) in [5.74, 6) is 0.953. The number of rotatable bonds is 3. The topological polar surface area (TPSA) is 21.3 Å². The van der Waals surface area contributed by atoms with Crippen LogP contribution < -0.4 is 10.1 Å². The van der Waals surface area contributed by atoms with Crippen LogP contribution in [-0.2, 0) is 6.42 Å². The predicted molar refractivity (Wildman–Crippen MR) is 83.9 cm³/mol. The maximum absolute atomic E-state index is 6.32. The first kappa shape index (κ1) is 13.3. The summed E-state index contributed by atoms with van der Waals surface area (Å²) in [5, 5.41) is 4.44. The normalized spacial score (nSPS) is 16.6. The third kappa shape index (κ3) is 2.25. The van der Waals surface area contributed by atoms with Gasteiger partial charge in [-0.05, 0) is 37.1 Å². The van der Waals surface area contributed by atoms with Crippen LogP contribution in [0.5, 0.6) is 5.75 Å². The van der Waals surface area contributed by atoms with Crippen LogP contribution in [0.25, 0.3) is 0 Å². The van der Waals surface area contributed by atoms with Gasteiger partial charge in [0, 0.05) is 22.7 Å². The van der Waals surface area contributed by atoms with Crippen LogP contribution >= 0.6 is 11.6 Å². The number of anilines is 1. The Labute approximate surface area is 124 Å². The number of hydrogen-bond acceptors (Lipinski definition) is 2. The number of aryl methyl sites for hydroxylation is 1. The number of hydrogen-bond donors (Lipinski definition) is 1. The lowest BCUT2D eigenvalue weighted by Crippen LogP contribution is -2.08. The fourth-order valence-electron chi connectivity index (χ4n) is 2.81. The highest BCUT2D eigenvalue weighted by Crippen LogP contribution is 2.42. The van der Waals surface area contributed by atoms with Gasteiger partial charge in [0.15, 0.2) is 0 Å². The second-order valence-corrected chi connectivity index (χ2v) is 5.50. The first-order valence-electron chi connectivity index (χ1n) is 6.97. The molecule has 0 spiro atoms. The fourth-order valence-corrected chi connectivity index (χ4v) is 3.05. The summed E-state index contributed by atoms with van der Waals surface area (Å²) >= 11 is 6.32. The van der Waals surface area contributed by atoms with Crippen molar-refractivity contribution in [3.05, 3.63) is 58.1 Å². The van der Waals surface area contributed by atoms with Gasteiger partial charge in [-0.15, -0.1) is 0 Å². The molecular weight excluding hydrogens is 270 g/mol. The standard InChI is InChI=1S/C17H18ClNO/c1-3-20-16-7-5-4-6-12(16)15-10-13-14(18)9-8-11(2)17(13)19-15/h4-9,15,19H,3,10H2,1-2H3. The summed E-state index contributed by atoms with van der Waals surface area (Å²) in [6.07, 6.45) is 0.903. The summed E-state index contributed by atoms with van der Waals surface area (Å²) in [6, 6.07) is 12.5. The van der Waals surface area contributed by atoms with Crippen LogP contribution in [0, 0.1) is 6.92 Å². The Bertz CT molecular complexity index is 608. The molecule has 0 fully saturated rings. The molecule has 104 valence electrons. The summed E-state index contributed by atoms with van der Waals surface area (Å²) in [7, 11) is 0. The number of nitrogens with one attached hydrogen (secondary N) is 1. The minimum Gasteiger partial charge on any atom is -0.494 e. The van der Waals surface area contributed by atoms with Crippen molar-refractivity contribution in [2.45, 2.75) is 26.3 Å². The Morgan fingerprint density at radius 3 is 2.80 bits per heavy atom. The predicted octanol–water partition coefficient (Wildman–Crippen LogP) is 4.76.